The predicted molar refractivity (Wildman–Crippen MR) is 110 cm³/mol. The first-order chi connectivity index (χ1) is 15.4. The number of halogens is 2. The summed E-state index contributed by atoms with van der Waals surface area (Å²) in [6.07, 6.45) is -1.20. The lowest BCUT2D eigenvalue weighted by molar-refractivity contribution is -0.130. The van der Waals surface area contributed by atoms with E-state index in [0.29, 0.717) is 36.0 Å². The van der Waals surface area contributed by atoms with Crippen molar-refractivity contribution in [3.05, 3.63) is 24.4 Å². The normalized spacial score (nSPS) is 19.1. The van der Waals surface area contributed by atoms with E-state index in [2.05, 4.69) is 10.3 Å². The Morgan fingerprint density at radius 3 is 2.97 bits per heavy atom. The molecule has 0 bridgehead atoms. The number of nitrogens with zero attached hydrogens (tertiary/aromatic N) is 3. The van der Waals surface area contributed by atoms with E-state index in [0.717, 1.165) is 4.90 Å². The number of ether oxygens (including phenoxy) is 3. The monoisotopic (exact) mass is 451 g/mol. The lowest BCUT2D eigenvalue weighted by Crippen LogP contribution is -2.53. The number of aromatic nitrogens is 2. The van der Waals surface area contributed by atoms with Crippen molar-refractivity contribution < 1.29 is 32.6 Å². The lowest BCUT2D eigenvalue weighted by atomic mass is 10.1. The summed E-state index contributed by atoms with van der Waals surface area (Å²) in [5.74, 6) is -0.0179. The third-order valence-electron chi connectivity index (χ3n) is 5.25. The van der Waals surface area contributed by atoms with Crippen LogP contribution < -0.4 is 20.7 Å². The zero-order valence-corrected chi connectivity index (χ0v) is 17.3. The molecule has 32 heavy (non-hydrogen) atoms. The first-order valence-electron chi connectivity index (χ1n) is 9.96. The molecular formula is C20H23F2N5O5. The standard InChI is InChI=1S/C20H23F2N5O5/c1-30-8-13(19(23)29)24-11-2-3-12-15(6-11)32-5-4-26-7-16(25-20(12)26)27-14(18(21)22)9-31-10-17(27)28/h2-3,6-7,13-14,18,24H,4-5,8-10H2,1H3,(H2,23,29)/t13?,14-/m0/s1. The molecule has 0 spiro atoms. The smallest absolute Gasteiger partial charge is 0.261 e. The van der Waals surface area contributed by atoms with Gasteiger partial charge >= 0.3 is 0 Å². The van der Waals surface area contributed by atoms with Crippen LogP contribution in [0.25, 0.3) is 11.4 Å². The van der Waals surface area contributed by atoms with E-state index >= 15 is 0 Å². The Hall–Kier alpha value is -3.25. The van der Waals surface area contributed by atoms with E-state index in [-0.39, 0.29) is 25.6 Å². The molecule has 1 aromatic carbocycles. The lowest BCUT2D eigenvalue weighted by Gasteiger charge is -2.33. The summed E-state index contributed by atoms with van der Waals surface area (Å²) >= 11 is 0. The SMILES string of the molecule is COCC(Nc1ccc2c(c1)OCCn1cc(N3C(=O)COC[C@H]3C(F)F)nc1-2)C(N)=O. The van der Waals surface area contributed by atoms with Gasteiger partial charge in [0, 0.05) is 25.1 Å². The number of amides is 2. The highest BCUT2D eigenvalue weighted by Crippen LogP contribution is 2.36. The molecule has 2 aliphatic rings. The molecule has 172 valence electrons. The molecule has 10 nitrogen and oxygen atoms in total. The second-order valence-electron chi connectivity index (χ2n) is 7.41. The fraction of sp³-hybridized carbons (Fsp3) is 0.450. The van der Waals surface area contributed by atoms with Crippen molar-refractivity contribution in [3.63, 3.8) is 0 Å². The van der Waals surface area contributed by atoms with Gasteiger partial charge in [-0.15, -0.1) is 0 Å². The minimum atomic E-state index is -2.77. The highest BCUT2D eigenvalue weighted by atomic mass is 19.3. The number of morpholine rings is 1. The van der Waals surface area contributed by atoms with Crippen LogP contribution in [0.4, 0.5) is 20.3 Å². The van der Waals surface area contributed by atoms with E-state index in [4.69, 9.17) is 19.9 Å². The number of nitrogens with one attached hydrogen (secondary N) is 1. The summed E-state index contributed by atoms with van der Waals surface area (Å²) < 4.78 is 44.6. The van der Waals surface area contributed by atoms with Crippen LogP contribution in [0.2, 0.25) is 0 Å². The van der Waals surface area contributed by atoms with Crippen LogP contribution in [0.3, 0.4) is 0 Å². The number of hydrogen-bond donors (Lipinski definition) is 2. The van der Waals surface area contributed by atoms with Crippen LogP contribution in [0.15, 0.2) is 24.4 Å². The van der Waals surface area contributed by atoms with E-state index in [9.17, 15) is 18.4 Å². The molecule has 4 rings (SSSR count). The number of benzene rings is 1. The third-order valence-corrected chi connectivity index (χ3v) is 5.25. The summed E-state index contributed by atoms with van der Waals surface area (Å²) in [6, 6.07) is 3.04. The van der Waals surface area contributed by atoms with Crippen LogP contribution in [0, 0.1) is 0 Å². The van der Waals surface area contributed by atoms with Gasteiger partial charge in [-0.3, -0.25) is 14.5 Å². The van der Waals surface area contributed by atoms with Gasteiger partial charge < -0.3 is 29.8 Å². The van der Waals surface area contributed by atoms with Crippen LogP contribution in [0.5, 0.6) is 5.75 Å². The summed E-state index contributed by atoms with van der Waals surface area (Å²) in [7, 11) is 1.47. The van der Waals surface area contributed by atoms with Gasteiger partial charge in [-0.05, 0) is 12.1 Å². The fourth-order valence-corrected chi connectivity index (χ4v) is 3.72. The Kier molecular flexibility index (Phi) is 6.24. The van der Waals surface area contributed by atoms with Crippen molar-refractivity contribution in [1.82, 2.24) is 9.55 Å². The summed E-state index contributed by atoms with van der Waals surface area (Å²) in [5, 5.41) is 3.00. The number of rotatable bonds is 7. The number of imidazole rings is 1. The molecule has 3 N–H and O–H groups in total. The van der Waals surface area contributed by atoms with Crippen LogP contribution in [-0.4, -0.2) is 73.4 Å². The van der Waals surface area contributed by atoms with Crippen molar-refractivity contribution in [3.8, 4) is 17.1 Å². The second-order valence-corrected chi connectivity index (χ2v) is 7.41. The van der Waals surface area contributed by atoms with Crippen molar-refractivity contribution in [2.45, 2.75) is 25.1 Å². The number of nitrogens with two attached hydrogens (primary N) is 1. The average Bonchev–Trinajstić information content (AvgIpc) is 3.09. The fourth-order valence-electron chi connectivity index (χ4n) is 3.72. The number of anilines is 2. The van der Waals surface area contributed by atoms with Crippen LogP contribution in [0.1, 0.15) is 0 Å². The maximum Gasteiger partial charge on any atom is 0.261 e. The first kappa shape index (κ1) is 22.0. The van der Waals surface area contributed by atoms with Gasteiger partial charge in [0.25, 0.3) is 12.3 Å². The van der Waals surface area contributed by atoms with Gasteiger partial charge in [0.2, 0.25) is 5.91 Å². The minimum Gasteiger partial charge on any atom is -0.491 e. The molecule has 2 atom stereocenters. The van der Waals surface area contributed by atoms with Crippen molar-refractivity contribution in [2.75, 3.05) is 43.8 Å². The molecular weight excluding hydrogens is 428 g/mol. The van der Waals surface area contributed by atoms with Crippen molar-refractivity contribution in [2.24, 2.45) is 5.73 Å². The quantitative estimate of drug-likeness (QED) is 0.640. The Morgan fingerprint density at radius 2 is 2.25 bits per heavy atom. The Bertz CT molecular complexity index is 1010. The molecule has 1 unspecified atom stereocenters. The molecule has 12 heteroatoms. The van der Waals surface area contributed by atoms with Crippen LogP contribution in [-0.2, 0) is 25.6 Å². The molecule has 3 heterocycles. The van der Waals surface area contributed by atoms with E-state index in [1.165, 1.54) is 7.11 Å². The number of fused-ring (bicyclic) bond motifs is 3. The number of carbonyl (C=O) groups excluding carboxylic acids is 2. The zero-order chi connectivity index (χ0) is 22.8. The maximum absolute atomic E-state index is 13.5. The predicted octanol–water partition coefficient (Wildman–Crippen LogP) is 0.852. The highest BCUT2D eigenvalue weighted by Gasteiger charge is 2.38. The molecule has 1 aromatic heterocycles. The maximum atomic E-state index is 13.5. The number of primary amides is 1. The van der Waals surface area contributed by atoms with Crippen molar-refractivity contribution in [1.29, 1.82) is 0 Å². The number of carbonyl (C=O) groups is 2. The van der Waals surface area contributed by atoms with Crippen LogP contribution >= 0.6 is 0 Å². The highest BCUT2D eigenvalue weighted by molar-refractivity contribution is 5.95. The molecule has 2 aliphatic heterocycles. The van der Waals surface area contributed by atoms with E-state index < -0.39 is 30.3 Å². The molecule has 1 saturated heterocycles. The van der Waals surface area contributed by atoms with E-state index in [1.54, 1.807) is 29.0 Å². The Labute approximate surface area is 182 Å². The molecule has 2 amide bonds. The second kappa shape index (κ2) is 9.09. The topological polar surface area (TPSA) is 121 Å². The summed E-state index contributed by atoms with van der Waals surface area (Å²) in [6.45, 7) is 0.266. The Morgan fingerprint density at radius 1 is 1.44 bits per heavy atom. The van der Waals surface area contributed by atoms with Gasteiger partial charge in [-0.25, -0.2) is 13.8 Å². The molecule has 1 fully saturated rings. The molecule has 0 aliphatic carbocycles. The summed E-state index contributed by atoms with van der Waals surface area (Å²) in [4.78, 5) is 29.4. The van der Waals surface area contributed by atoms with Gasteiger partial charge in [0.15, 0.2) is 5.82 Å². The largest absolute Gasteiger partial charge is 0.491 e. The van der Waals surface area contributed by atoms with Gasteiger partial charge in [-0.1, -0.05) is 0 Å². The molecule has 0 radical (unpaired) electrons. The Balaban J connectivity index is 1.66. The number of alkyl halides is 2. The third kappa shape index (κ3) is 4.23. The van der Waals surface area contributed by atoms with Gasteiger partial charge in [0.1, 0.15) is 36.9 Å². The number of hydrogen-bond acceptors (Lipinski definition) is 7. The van der Waals surface area contributed by atoms with Gasteiger partial charge in [-0.2, -0.15) is 0 Å². The minimum absolute atomic E-state index is 0.0971. The van der Waals surface area contributed by atoms with Crippen molar-refractivity contribution >= 4 is 23.3 Å². The van der Waals surface area contributed by atoms with E-state index in [1.807, 2.05) is 0 Å². The molecule has 2 aromatic rings. The zero-order valence-electron chi connectivity index (χ0n) is 17.3. The first-order valence-corrected chi connectivity index (χ1v) is 9.96. The van der Waals surface area contributed by atoms with Gasteiger partial charge in [0.05, 0.1) is 25.3 Å². The average molecular weight is 451 g/mol. The number of methoxy groups -OCH3 is 1. The summed E-state index contributed by atoms with van der Waals surface area (Å²) in [5.41, 5.74) is 6.60. The molecule has 0 saturated carbocycles.